The van der Waals surface area contributed by atoms with Crippen LogP contribution in [-0.2, 0) is 4.74 Å². The second kappa shape index (κ2) is 5.72. The number of rotatable bonds is 4. The fraction of sp³-hybridized carbons (Fsp3) is 0.600. The molecule has 2 rings (SSSR count). The van der Waals surface area contributed by atoms with Crippen molar-refractivity contribution < 1.29 is 14.6 Å². The molecule has 2 unspecified atom stereocenters. The van der Waals surface area contributed by atoms with Gasteiger partial charge >= 0.3 is 0 Å². The van der Waals surface area contributed by atoms with Gasteiger partial charge in [-0.2, -0.15) is 0 Å². The Morgan fingerprint density at radius 1 is 1.44 bits per heavy atom. The van der Waals surface area contributed by atoms with E-state index < -0.39 is 6.10 Å². The van der Waals surface area contributed by atoms with E-state index in [4.69, 9.17) is 9.47 Å². The number of ether oxygens (including phenoxy) is 2. The summed E-state index contributed by atoms with van der Waals surface area (Å²) in [5, 5.41) is 9.72. The number of aryl methyl sites for hydroxylation is 1. The molecule has 100 valence electrons. The van der Waals surface area contributed by atoms with Gasteiger partial charge in [-0.3, -0.25) is 0 Å². The van der Waals surface area contributed by atoms with Crippen LogP contribution in [0, 0.1) is 6.92 Å². The zero-order valence-corrected chi connectivity index (χ0v) is 11.3. The number of aliphatic hydroxyl groups excluding tert-OH is 1. The van der Waals surface area contributed by atoms with Gasteiger partial charge in [-0.1, -0.05) is 12.1 Å². The fourth-order valence-corrected chi connectivity index (χ4v) is 2.30. The highest BCUT2D eigenvalue weighted by Crippen LogP contribution is 2.27. The first-order valence-corrected chi connectivity index (χ1v) is 6.63. The predicted octanol–water partition coefficient (Wildman–Crippen LogP) is 2.99. The Kier molecular flexibility index (Phi) is 4.25. The molecule has 0 bridgehead atoms. The number of aliphatic hydroxyl groups is 1. The summed E-state index contributed by atoms with van der Waals surface area (Å²) in [6, 6.07) is 5.89. The molecule has 3 nitrogen and oxygen atoms in total. The molecular weight excluding hydrogens is 228 g/mol. The van der Waals surface area contributed by atoms with E-state index in [1.807, 2.05) is 25.1 Å². The first kappa shape index (κ1) is 13.4. The monoisotopic (exact) mass is 250 g/mol. The second-order valence-electron chi connectivity index (χ2n) is 5.17. The number of hydrogen-bond acceptors (Lipinski definition) is 3. The largest absolute Gasteiger partial charge is 0.490 e. The van der Waals surface area contributed by atoms with Crippen LogP contribution in [0.15, 0.2) is 18.2 Å². The highest BCUT2D eigenvalue weighted by Gasteiger charge is 2.22. The molecule has 3 atom stereocenters. The minimum Gasteiger partial charge on any atom is -0.490 e. The van der Waals surface area contributed by atoms with Gasteiger partial charge in [0, 0.05) is 5.56 Å². The quantitative estimate of drug-likeness (QED) is 0.892. The third-order valence-electron chi connectivity index (χ3n) is 3.36. The molecule has 0 aromatic heterocycles. The molecule has 1 heterocycles. The topological polar surface area (TPSA) is 38.7 Å². The lowest BCUT2D eigenvalue weighted by molar-refractivity contribution is 0.0256. The first-order valence-electron chi connectivity index (χ1n) is 6.63. The van der Waals surface area contributed by atoms with Crippen molar-refractivity contribution in [1.29, 1.82) is 0 Å². The van der Waals surface area contributed by atoms with Gasteiger partial charge in [-0.15, -0.1) is 0 Å². The Balaban J connectivity index is 2.01. The third kappa shape index (κ3) is 3.24. The summed E-state index contributed by atoms with van der Waals surface area (Å²) >= 11 is 0. The molecular formula is C15H22O3. The molecule has 1 fully saturated rings. The maximum absolute atomic E-state index is 9.72. The second-order valence-corrected chi connectivity index (χ2v) is 5.17. The van der Waals surface area contributed by atoms with Crippen LogP contribution in [-0.4, -0.2) is 23.9 Å². The van der Waals surface area contributed by atoms with Gasteiger partial charge in [-0.05, 0) is 45.2 Å². The standard InChI is InChI=1S/C15H22O3/c1-10-4-7-14(12(3)16)15(8-10)17-9-13-6-5-11(2)18-13/h4,7-8,11-13,16H,5-6,9H2,1-3H3/t11?,12-,13?/m1/s1. The van der Waals surface area contributed by atoms with Crippen molar-refractivity contribution in [1.82, 2.24) is 0 Å². The molecule has 0 aliphatic carbocycles. The maximum Gasteiger partial charge on any atom is 0.125 e. The van der Waals surface area contributed by atoms with Crippen molar-refractivity contribution in [2.24, 2.45) is 0 Å². The zero-order valence-electron chi connectivity index (χ0n) is 11.3. The Morgan fingerprint density at radius 2 is 2.22 bits per heavy atom. The fourth-order valence-electron chi connectivity index (χ4n) is 2.30. The molecule has 0 amide bonds. The molecule has 18 heavy (non-hydrogen) atoms. The van der Waals surface area contributed by atoms with Crippen molar-refractivity contribution in [2.75, 3.05) is 6.61 Å². The Labute approximate surface area is 109 Å². The van der Waals surface area contributed by atoms with Crippen molar-refractivity contribution in [3.05, 3.63) is 29.3 Å². The molecule has 1 aromatic rings. The van der Waals surface area contributed by atoms with Crippen LogP contribution >= 0.6 is 0 Å². The van der Waals surface area contributed by atoms with Gasteiger partial charge in [-0.25, -0.2) is 0 Å². The lowest BCUT2D eigenvalue weighted by atomic mass is 10.1. The third-order valence-corrected chi connectivity index (χ3v) is 3.36. The van der Waals surface area contributed by atoms with Gasteiger partial charge in [0.1, 0.15) is 12.4 Å². The number of benzene rings is 1. The van der Waals surface area contributed by atoms with E-state index in [1.54, 1.807) is 6.92 Å². The van der Waals surface area contributed by atoms with Crippen molar-refractivity contribution in [2.45, 2.75) is 51.9 Å². The number of hydrogen-bond donors (Lipinski definition) is 1. The molecule has 3 heteroatoms. The molecule has 1 saturated heterocycles. The Bertz CT molecular complexity index is 401. The molecule has 0 radical (unpaired) electrons. The first-order chi connectivity index (χ1) is 8.56. The molecule has 1 aliphatic heterocycles. The van der Waals surface area contributed by atoms with E-state index in [-0.39, 0.29) is 6.10 Å². The summed E-state index contributed by atoms with van der Waals surface area (Å²) in [5.74, 6) is 0.771. The smallest absolute Gasteiger partial charge is 0.125 e. The normalized spacial score (nSPS) is 25.1. The maximum atomic E-state index is 9.72. The highest BCUT2D eigenvalue weighted by molar-refractivity contribution is 5.38. The summed E-state index contributed by atoms with van der Waals surface area (Å²) < 4.78 is 11.6. The highest BCUT2D eigenvalue weighted by atomic mass is 16.5. The zero-order chi connectivity index (χ0) is 13.1. The average molecular weight is 250 g/mol. The van der Waals surface area contributed by atoms with E-state index in [2.05, 4.69) is 6.92 Å². The summed E-state index contributed by atoms with van der Waals surface area (Å²) in [5.41, 5.74) is 1.97. The Hall–Kier alpha value is -1.06. The predicted molar refractivity (Wildman–Crippen MR) is 70.9 cm³/mol. The van der Waals surface area contributed by atoms with E-state index in [0.717, 1.165) is 29.7 Å². The summed E-state index contributed by atoms with van der Waals surface area (Å²) in [6.07, 6.45) is 2.17. The van der Waals surface area contributed by atoms with Crippen LogP contribution in [0.1, 0.15) is 43.9 Å². The van der Waals surface area contributed by atoms with Crippen LogP contribution in [0.2, 0.25) is 0 Å². The van der Waals surface area contributed by atoms with E-state index in [1.165, 1.54) is 0 Å². The van der Waals surface area contributed by atoms with Gasteiger partial charge in [0.05, 0.1) is 18.3 Å². The minimum atomic E-state index is -0.510. The average Bonchev–Trinajstić information content (AvgIpc) is 2.72. The Morgan fingerprint density at radius 3 is 2.83 bits per heavy atom. The van der Waals surface area contributed by atoms with E-state index >= 15 is 0 Å². The molecule has 1 aliphatic rings. The van der Waals surface area contributed by atoms with Crippen LogP contribution in [0.5, 0.6) is 5.75 Å². The van der Waals surface area contributed by atoms with Crippen LogP contribution in [0.25, 0.3) is 0 Å². The molecule has 0 spiro atoms. The summed E-state index contributed by atoms with van der Waals surface area (Å²) in [6.45, 7) is 6.43. The van der Waals surface area contributed by atoms with Crippen LogP contribution in [0.4, 0.5) is 0 Å². The van der Waals surface area contributed by atoms with Crippen LogP contribution in [0.3, 0.4) is 0 Å². The van der Waals surface area contributed by atoms with Gasteiger partial charge in [0.25, 0.3) is 0 Å². The van der Waals surface area contributed by atoms with Crippen molar-refractivity contribution in [3.8, 4) is 5.75 Å². The van der Waals surface area contributed by atoms with Crippen LogP contribution < -0.4 is 4.74 Å². The van der Waals surface area contributed by atoms with Crippen molar-refractivity contribution in [3.63, 3.8) is 0 Å². The van der Waals surface area contributed by atoms with Gasteiger partial charge in [0.2, 0.25) is 0 Å². The molecule has 1 aromatic carbocycles. The molecule has 0 saturated carbocycles. The van der Waals surface area contributed by atoms with E-state index in [0.29, 0.717) is 12.7 Å². The SMILES string of the molecule is Cc1ccc([C@@H](C)O)c(OCC2CCC(C)O2)c1. The minimum absolute atomic E-state index is 0.183. The lowest BCUT2D eigenvalue weighted by Gasteiger charge is -2.17. The van der Waals surface area contributed by atoms with E-state index in [9.17, 15) is 5.11 Å². The van der Waals surface area contributed by atoms with Crippen molar-refractivity contribution >= 4 is 0 Å². The van der Waals surface area contributed by atoms with Gasteiger partial charge in [0.15, 0.2) is 0 Å². The lowest BCUT2D eigenvalue weighted by Crippen LogP contribution is -2.18. The summed E-state index contributed by atoms with van der Waals surface area (Å²) in [4.78, 5) is 0. The van der Waals surface area contributed by atoms with Gasteiger partial charge < -0.3 is 14.6 Å². The molecule has 1 N–H and O–H groups in total. The summed E-state index contributed by atoms with van der Waals surface area (Å²) in [7, 11) is 0.